The number of nitrogens with zero attached hydrogens (tertiary/aromatic N) is 3. The molecule has 114 valence electrons. The zero-order valence-electron chi connectivity index (χ0n) is 12.9. The van der Waals surface area contributed by atoms with E-state index in [4.69, 9.17) is 4.98 Å². The molecular formula is C17H26N4. The summed E-state index contributed by atoms with van der Waals surface area (Å²) in [6, 6.07) is 0.751. The van der Waals surface area contributed by atoms with E-state index in [9.17, 15) is 0 Å². The zero-order valence-corrected chi connectivity index (χ0v) is 12.9. The van der Waals surface area contributed by atoms with Crippen LogP contribution in [0.2, 0.25) is 0 Å². The second-order valence-electron chi connectivity index (χ2n) is 6.91. The lowest BCUT2D eigenvalue weighted by atomic mass is 9.94. The first-order valence-corrected chi connectivity index (χ1v) is 8.72. The standard InChI is InChI=1S/C17H26N4/c1-2-4-16-15(3-1)17(20-12-19-16)21(14-5-6-14)11-13-7-9-18-10-8-13/h12-14,18H,1-11H2. The summed E-state index contributed by atoms with van der Waals surface area (Å²) < 4.78 is 0. The van der Waals surface area contributed by atoms with Gasteiger partial charge in [0, 0.05) is 23.8 Å². The Balaban J connectivity index is 1.58. The summed E-state index contributed by atoms with van der Waals surface area (Å²) >= 11 is 0. The maximum absolute atomic E-state index is 4.72. The summed E-state index contributed by atoms with van der Waals surface area (Å²) in [6.45, 7) is 3.58. The summed E-state index contributed by atoms with van der Waals surface area (Å²) in [5.74, 6) is 2.11. The number of aromatic nitrogens is 2. The second-order valence-corrected chi connectivity index (χ2v) is 6.91. The minimum atomic E-state index is 0.751. The van der Waals surface area contributed by atoms with Gasteiger partial charge in [-0.25, -0.2) is 9.97 Å². The Kier molecular flexibility index (Phi) is 3.80. The number of hydrogen-bond donors (Lipinski definition) is 1. The molecule has 0 atom stereocenters. The van der Waals surface area contributed by atoms with Gasteiger partial charge >= 0.3 is 0 Å². The zero-order chi connectivity index (χ0) is 14.1. The first-order valence-electron chi connectivity index (χ1n) is 8.72. The van der Waals surface area contributed by atoms with Crippen molar-refractivity contribution >= 4 is 5.82 Å². The number of hydrogen-bond acceptors (Lipinski definition) is 4. The van der Waals surface area contributed by atoms with Gasteiger partial charge in [-0.1, -0.05) is 0 Å². The summed E-state index contributed by atoms with van der Waals surface area (Å²) in [7, 11) is 0. The van der Waals surface area contributed by atoms with Crippen LogP contribution in [0, 0.1) is 5.92 Å². The van der Waals surface area contributed by atoms with Gasteiger partial charge in [0.15, 0.2) is 0 Å². The predicted molar refractivity (Wildman–Crippen MR) is 84.6 cm³/mol. The van der Waals surface area contributed by atoms with Crippen molar-refractivity contribution in [2.45, 2.75) is 57.4 Å². The molecule has 21 heavy (non-hydrogen) atoms. The van der Waals surface area contributed by atoms with Gasteiger partial charge in [-0.2, -0.15) is 0 Å². The fourth-order valence-corrected chi connectivity index (χ4v) is 3.89. The van der Waals surface area contributed by atoms with E-state index in [-0.39, 0.29) is 0 Å². The fourth-order valence-electron chi connectivity index (χ4n) is 3.89. The van der Waals surface area contributed by atoms with E-state index < -0.39 is 0 Å². The molecule has 3 aliphatic rings. The highest BCUT2D eigenvalue weighted by Gasteiger charge is 2.34. The fraction of sp³-hybridized carbons (Fsp3) is 0.765. The van der Waals surface area contributed by atoms with Crippen LogP contribution < -0.4 is 10.2 Å². The predicted octanol–water partition coefficient (Wildman–Crippen LogP) is 2.32. The van der Waals surface area contributed by atoms with Crippen molar-refractivity contribution in [3.8, 4) is 0 Å². The van der Waals surface area contributed by atoms with E-state index in [1.165, 1.54) is 81.7 Å². The van der Waals surface area contributed by atoms with Gasteiger partial charge in [-0.15, -0.1) is 0 Å². The molecule has 2 heterocycles. The average molecular weight is 286 g/mol. The lowest BCUT2D eigenvalue weighted by Crippen LogP contribution is -2.38. The van der Waals surface area contributed by atoms with E-state index in [0.29, 0.717) is 0 Å². The minimum absolute atomic E-state index is 0.751. The van der Waals surface area contributed by atoms with Gasteiger partial charge in [0.05, 0.1) is 0 Å². The van der Waals surface area contributed by atoms with Crippen molar-refractivity contribution in [2.24, 2.45) is 5.92 Å². The van der Waals surface area contributed by atoms with Gasteiger partial charge in [0.2, 0.25) is 0 Å². The van der Waals surface area contributed by atoms with Crippen LogP contribution in [-0.4, -0.2) is 35.6 Å². The highest BCUT2D eigenvalue weighted by atomic mass is 15.2. The lowest BCUT2D eigenvalue weighted by Gasteiger charge is -2.33. The van der Waals surface area contributed by atoms with Crippen LogP contribution in [0.1, 0.15) is 49.8 Å². The topological polar surface area (TPSA) is 41.1 Å². The van der Waals surface area contributed by atoms with Crippen molar-refractivity contribution < 1.29 is 0 Å². The molecule has 4 rings (SSSR count). The molecule has 1 aromatic heterocycles. The molecular weight excluding hydrogens is 260 g/mol. The summed E-state index contributed by atoms with van der Waals surface area (Å²) in [5, 5.41) is 3.48. The van der Waals surface area contributed by atoms with Gasteiger partial charge < -0.3 is 10.2 Å². The minimum Gasteiger partial charge on any atom is -0.353 e. The number of anilines is 1. The number of piperidine rings is 1. The molecule has 1 aliphatic heterocycles. The van der Waals surface area contributed by atoms with Gasteiger partial charge in [-0.05, 0) is 70.4 Å². The second kappa shape index (κ2) is 5.91. The molecule has 2 aliphatic carbocycles. The monoisotopic (exact) mass is 286 g/mol. The lowest BCUT2D eigenvalue weighted by molar-refractivity contribution is 0.371. The molecule has 0 bridgehead atoms. The van der Waals surface area contributed by atoms with Crippen LogP contribution in [0.5, 0.6) is 0 Å². The van der Waals surface area contributed by atoms with E-state index in [2.05, 4.69) is 15.2 Å². The van der Waals surface area contributed by atoms with Crippen LogP contribution in [0.4, 0.5) is 5.82 Å². The first kappa shape index (κ1) is 13.5. The summed E-state index contributed by atoms with van der Waals surface area (Å²) in [6.07, 6.45) is 12.1. The van der Waals surface area contributed by atoms with Crippen molar-refractivity contribution in [1.82, 2.24) is 15.3 Å². The molecule has 0 amide bonds. The van der Waals surface area contributed by atoms with Crippen LogP contribution >= 0.6 is 0 Å². The largest absolute Gasteiger partial charge is 0.353 e. The number of rotatable bonds is 4. The van der Waals surface area contributed by atoms with E-state index in [0.717, 1.165) is 18.4 Å². The molecule has 2 fully saturated rings. The number of aryl methyl sites for hydroxylation is 1. The summed E-state index contributed by atoms with van der Waals surface area (Å²) in [4.78, 5) is 11.9. The Hall–Kier alpha value is -1.16. The third-order valence-electron chi connectivity index (χ3n) is 5.28. The normalized spacial score (nSPS) is 22.9. The molecule has 0 spiro atoms. The molecule has 0 unspecified atom stereocenters. The Morgan fingerprint density at radius 1 is 1.05 bits per heavy atom. The molecule has 0 radical (unpaired) electrons. The van der Waals surface area contributed by atoms with Crippen LogP contribution in [0.25, 0.3) is 0 Å². The average Bonchev–Trinajstić information content (AvgIpc) is 3.38. The Labute approximate surface area is 127 Å². The van der Waals surface area contributed by atoms with Crippen LogP contribution in [0.3, 0.4) is 0 Å². The molecule has 1 saturated carbocycles. The summed E-state index contributed by atoms with van der Waals surface area (Å²) in [5.41, 5.74) is 2.78. The molecule has 0 aromatic carbocycles. The maximum atomic E-state index is 4.72. The van der Waals surface area contributed by atoms with Crippen molar-refractivity contribution in [3.05, 3.63) is 17.6 Å². The van der Waals surface area contributed by atoms with E-state index in [1.807, 2.05) is 0 Å². The highest BCUT2D eigenvalue weighted by Crippen LogP contribution is 2.36. The smallest absolute Gasteiger partial charge is 0.135 e. The quantitative estimate of drug-likeness (QED) is 0.922. The first-order chi connectivity index (χ1) is 10.4. The van der Waals surface area contributed by atoms with E-state index >= 15 is 0 Å². The van der Waals surface area contributed by atoms with Crippen LogP contribution in [-0.2, 0) is 12.8 Å². The Bertz CT molecular complexity index is 492. The highest BCUT2D eigenvalue weighted by molar-refractivity contribution is 5.51. The third kappa shape index (κ3) is 2.91. The molecule has 1 N–H and O–H groups in total. The van der Waals surface area contributed by atoms with Gasteiger partial charge in [0.25, 0.3) is 0 Å². The molecule has 4 nitrogen and oxygen atoms in total. The molecule has 1 aromatic rings. The van der Waals surface area contributed by atoms with Crippen molar-refractivity contribution in [3.63, 3.8) is 0 Å². The number of fused-ring (bicyclic) bond motifs is 1. The maximum Gasteiger partial charge on any atom is 0.135 e. The van der Waals surface area contributed by atoms with Gasteiger partial charge in [0.1, 0.15) is 12.1 Å². The Morgan fingerprint density at radius 3 is 2.67 bits per heavy atom. The molecule has 1 saturated heterocycles. The van der Waals surface area contributed by atoms with Gasteiger partial charge in [-0.3, -0.25) is 0 Å². The van der Waals surface area contributed by atoms with Crippen molar-refractivity contribution in [1.29, 1.82) is 0 Å². The SMILES string of the molecule is c1nc2c(c(N(CC3CCNCC3)C3CC3)n1)CCCC2. The van der Waals surface area contributed by atoms with Crippen LogP contribution in [0.15, 0.2) is 6.33 Å². The van der Waals surface area contributed by atoms with Crippen molar-refractivity contribution in [2.75, 3.05) is 24.5 Å². The number of nitrogens with one attached hydrogen (secondary N) is 1. The Morgan fingerprint density at radius 2 is 1.86 bits per heavy atom. The van der Waals surface area contributed by atoms with E-state index in [1.54, 1.807) is 6.33 Å². The third-order valence-corrected chi connectivity index (χ3v) is 5.28. The molecule has 4 heteroatoms.